The van der Waals surface area contributed by atoms with Crippen molar-refractivity contribution >= 4 is 17.6 Å². The van der Waals surface area contributed by atoms with E-state index in [9.17, 15) is 27.6 Å². The minimum atomic E-state index is -4.85. The Morgan fingerprint density at radius 3 is 1.95 bits per heavy atom. The molecule has 4 nitrogen and oxygen atoms in total. The summed E-state index contributed by atoms with van der Waals surface area (Å²) in [5.41, 5.74) is -0.148. The van der Waals surface area contributed by atoms with Gasteiger partial charge in [0.2, 0.25) is 0 Å². The number of carbonyl (C=O) groups is 3. The average Bonchev–Trinajstić information content (AvgIpc) is 2.59. The van der Waals surface area contributed by atoms with Crippen LogP contribution in [-0.4, -0.2) is 34.7 Å². The van der Waals surface area contributed by atoms with Crippen molar-refractivity contribution in [3.63, 3.8) is 0 Å². The number of rotatable bonds is 3. The summed E-state index contributed by atoms with van der Waals surface area (Å²) in [6.07, 6.45) is -5.78. The lowest BCUT2D eigenvalue weighted by Gasteiger charge is -2.27. The number of Topliss-reactive ketones (excluding diaryl/α,β-unsaturated/α-hetero) is 1. The maximum atomic E-state index is 13.0. The van der Waals surface area contributed by atoms with Crippen molar-refractivity contribution in [1.29, 1.82) is 0 Å². The maximum absolute atomic E-state index is 13.0. The summed E-state index contributed by atoms with van der Waals surface area (Å²) in [4.78, 5) is 35.1. The first-order valence-electron chi connectivity index (χ1n) is 5.76. The third-order valence-electron chi connectivity index (χ3n) is 3.00. The van der Waals surface area contributed by atoms with E-state index in [1.54, 1.807) is 0 Å². The Morgan fingerprint density at radius 2 is 1.60 bits per heavy atom. The molecule has 0 bridgehead atoms. The molecule has 0 fully saturated rings. The SMILES string of the molecule is CC(=O)CC(N1C(=O)c2ccccc2C1=O)C(F)(F)F. The van der Waals surface area contributed by atoms with Crippen molar-refractivity contribution in [2.24, 2.45) is 0 Å². The third kappa shape index (κ3) is 2.31. The molecule has 1 aromatic rings. The summed E-state index contributed by atoms with van der Waals surface area (Å²) >= 11 is 0. The molecule has 1 aromatic carbocycles. The van der Waals surface area contributed by atoms with Gasteiger partial charge in [-0.3, -0.25) is 19.3 Å². The van der Waals surface area contributed by atoms with Gasteiger partial charge in [-0.2, -0.15) is 13.2 Å². The molecule has 0 aliphatic carbocycles. The fourth-order valence-electron chi connectivity index (χ4n) is 2.12. The van der Waals surface area contributed by atoms with E-state index in [1.165, 1.54) is 24.3 Å². The zero-order valence-corrected chi connectivity index (χ0v) is 10.4. The highest BCUT2D eigenvalue weighted by atomic mass is 19.4. The van der Waals surface area contributed by atoms with E-state index < -0.39 is 36.2 Å². The van der Waals surface area contributed by atoms with E-state index in [1.807, 2.05) is 0 Å². The highest BCUT2D eigenvalue weighted by Gasteiger charge is 2.51. The zero-order chi connectivity index (χ0) is 15.1. The molecule has 1 unspecified atom stereocenters. The van der Waals surface area contributed by atoms with Crippen LogP contribution in [0.3, 0.4) is 0 Å². The van der Waals surface area contributed by atoms with Crippen LogP contribution in [0, 0.1) is 0 Å². The van der Waals surface area contributed by atoms with E-state index in [-0.39, 0.29) is 16.0 Å². The molecule has 1 atom stereocenters. The largest absolute Gasteiger partial charge is 0.409 e. The van der Waals surface area contributed by atoms with Gasteiger partial charge in [-0.1, -0.05) is 12.1 Å². The van der Waals surface area contributed by atoms with Crippen LogP contribution in [0.15, 0.2) is 24.3 Å². The lowest BCUT2D eigenvalue weighted by atomic mass is 10.1. The molecule has 2 amide bonds. The zero-order valence-electron chi connectivity index (χ0n) is 10.4. The van der Waals surface area contributed by atoms with E-state index in [4.69, 9.17) is 0 Å². The van der Waals surface area contributed by atoms with Crippen LogP contribution in [0.2, 0.25) is 0 Å². The molecular formula is C13H10F3NO3. The fraction of sp³-hybridized carbons (Fsp3) is 0.308. The standard InChI is InChI=1S/C13H10F3NO3/c1-7(18)6-10(13(14,15)16)17-11(19)8-4-2-3-5-9(8)12(17)20/h2-5,10H,6H2,1H3. The Labute approximate surface area is 112 Å². The molecule has 7 heteroatoms. The van der Waals surface area contributed by atoms with Gasteiger partial charge in [-0.05, 0) is 19.1 Å². The van der Waals surface area contributed by atoms with E-state index in [0.29, 0.717) is 0 Å². The molecule has 0 spiro atoms. The second-order valence-electron chi connectivity index (χ2n) is 4.49. The summed E-state index contributed by atoms with van der Waals surface area (Å²) in [6, 6.07) is 3.07. The molecule has 2 rings (SSSR count). The molecule has 0 aromatic heterocycles. The number of hydrogen-bond acceptors (Lipinski definition) is 3. The number of fused-ring (bicyclic) bond motifs is 1. The van der Waals surface area contributed by atoms with Gasteiger partial charge in [-0.25, -0.2) is 0 Å². The van der Waals surface area contributed by atoms with E-state index in [2.05, 4.69) is 0 Å². The normalized spacial score (nSPS) is 16.3. The first-order chi connectivity index (χ1) is 9.23. The number of alkyl halides is 3. The Bertz CT molecular complexity index is 560. The van der Waals surface area contributed by atoms with Crippen molar-refractivity contribution in [2.75, 3.05) is 0 Å². The minimum absolute atomic E-state index is 0.0738. The predicted octanol–water partition coefficient (Wildman–Crippen LogP) is 2.19. The predicted molar refractivity (Wildman–Crippen MR) is 62.1 cm³/mol. The number of imide groups is 1. The summed E-state index contributed by atoms with van der Waals surface area (Å²) in [5, 5.41) is 0. The Kier molecular flexibility index (Phi) is 3.37. The van der Waals surface area contributed by atoms with Crippen LogP contribution in [0.25, 0.3) is 0 Å². The average molecular weight is 285 g/mol. The number of halogens is 3. The van der Waals surface area contributed by atoms with Crippen LogP contribution in [0.1, 0.15) is 34.1 Å². The van der Waals surface area contributed by atoms with Crippen LogP contribution in [0.4, 0.5) is 13.2 Å². The molecule has 20 heavy (non-hydrogen) atoms. The molecule has 0 saturated carbocycles. The van der Waals surface area contributed by atoms with Crippen molar-refractivity contribution in [3.05, 3.63) is 35.4 Å². The van der Waals surface area contributed by atoms with Gasteiger partial charge in [0.25, 0.3) is 11.8 Å². The number of nitrogens with zero attached hydrogens (tertiary/aromatic N) is 1. The van der Waals surface area contributed by atoms with Crippen molar-refractivity contribution in [2.45, 2.75) is 25.6 Å². The highest BCUT2D eigenvalue weighted by molar-refractivity contribution is 6.21. The van der Waals surface area contributed by atoms with Gasteiger partial charge in [0.1, 0.15) is 11.8 Å². The first-order valence-corrected chi connectivity index (χ1v) is 5.76. The van der Waals surface area contributed by atoms with Gasteiger partial charge in [0.05, 0.1) is 11.1 Å². The summed E-state index contributed by atoms with van der Waals surface area (Å²) in [5.74, 6) is -2.78. The summed E-state index contributed by atoms with van der Waals surface area (Å²) < 4.78 is 39.0. The van der Waals surface area contributed by atoms with Crippen LogP contribution >= 0.6 is 0 Å². The summed E-state index contributed by atoms with van der Waals surface area (Å²) in [7, 11) is 0. The van der Waals surface area contributed by atoms with Gasteiger partial charge in [0, 0.05) is 6.42 Å². The Morgan fingerprint density at radius 1 is 1.15 bits per heavy atom. The van der Waals surface area contributed by atoms with Crippen LogP contribution in [0.5, 0.6) is 0 Å². The van der Waals surface area contributed by atoms with Gasteiger partial charge < -0.3 is 0 Å². The van der Waals surface area contributed by atoms with Gasteiger partial charge >= 0.3 is 6.18 Å². The Balaban J connectivity index is 2.45. The van der Waals surface area contributed by atoms with Gasteiger partial charge in [0.15, 0.2) is 0 Å². The van der Waals surface area contributed by atoms with E-state index >= 15 is 0 Å². The topological polar surface area (TPSA) is 54.5 Å². The number of benzene rings is 1. The molecule has 0 saturated heterocycles. The lowest BCUT2D eigenvalue weighted by Crippen LogP contribution is -2.49. The fourth-order valence-corrected chi connectivity index (χ4v) is 2.12. The number of ketones is 1. The molecule has 106 valence electrons. The van der Waals surface area contributed by atoms with Crippen molar-refractivity contribution in [3.8, 4) is 0 Å². The van der Waals surface area contributed by atoms with Crippen molar-refractivity contribution < 1.29 is 27.6 Å². The monoisotopic (exact) mass is 285 g/mol. The molecule has 1 aliphatic heterocycles. The van der Waals surface area contributed by atoms with Crippen molar-refractivity contribution in [1.82, 2.24) is 4.90 Å². The molecule has 1 aliphatic rings. The second-order valence-corrected chi connectivity index (χ2v) is 4.49. The number of carbonyl (C=O) groups excluding carboxylic acids is 3. The highest BCUT2D eigenvalue weighted by Crippen LogP contribution is 2.33. The first kappa shape index (κ1) is 14.2. The second kappa shape index (κ2) is 4.73. The lowest BCUT2D eigenvalue weighted by molar-refractivity contribution is -0.174. The maximum Gasteiger partial charge on any atom is 0.409 e. The summed E-state index contributed by atoms with van der Waals surface area (Å²) in [6.45, 7) is 0.983. The van der Waals surface area contributed by atoms with Crippen LogP contribution in [-0.2, 0) is 4.79 Å². The van der Waals surface area contributed by atoms with Gasteiger partial charge in [-0.15, -0.1) is 0 Å². The van der Waals surface area contributed by atoms with E-state index in [0.717, 1.165) is 6.92 Å². The van der Waals surface area contributed by atoms with Crippen LogP contribution < -0.4 is 0 Å². The molecule has 0 N–H and O–H groups in total. The smallest absolute Gasteiger partial charge is 0.300 e. The number of amides is 2. The minimum Gasteiger partial charge on any atom is -0.300 e. The quantitative estimate of drug-likeness (QED) is 0.800. The molecular weight excluding hydrogens is 275 g/mol. The third-order valence-corrected chi connectivity index (χ3v) is 3.00. The molecule has 1 heterocycles. The number of hydrogen-bond donors (Lipinski definition) is 0. The Hall–Kier alpha value is -2.18. The molecule has 0 radical (unpaired) electrons.